The molecule has 96 valence electrons. The monoisotopic (exact) mass is 244 g/mol. The summed E-state index contributed by atoms with van der Waals surface area (Å²) in [6.45, 7) is 3.84. The molecule has 0 aromatic heterocycles. The summed E-state index contributed by atoms with van der Waals surface area (Å²) in [4.78, 5) is 14.7. The van der Waals surface area contributed by atoms with Gasteiger partial charge in [-0.05, 0) is 50.8 Å². The van der Waals surface area contributed by atoms with E-state index in [1.54, 1.807) is 0 Å². The van der Waals surface area contributed by atoms with Crippen molar-refractivity contribution >= 4 is 11.6 Å². The number of benzene rings is 1. The average Bonchev–Trinajstić information content (AvgIpc) is 2.82. The Hall–Kier alpha value is -1.35. The van der Waals surface area contributed by atoms with Gasteiger partial charge in [0.1, 0.15) is 0 Å². The lowest BCUT2D eigenvalue weighted by Gasteiger charge is -2.36. The number of carbonyl (C=O) groups excluding carboxylic acids is 1. The molecule has 2 aliphatic rings. The second kappa shape index (κ2) is 4.39. The highest BCUT2D eigenvalue weighted by Gasteiger charge is 2.39. The summed E-state index contributed by atoms with van der Waals surface area (Å²) in [6, 6.07) is 8.25. The Morgan fingerprint density at radius 1 is 1.33 bits per heavy atom. The summed E-state index contributed by atoms with van der Waals surface area (Å²) in [5, 5.41) is 3.41. The molecule has 0 spiro atoms. The van der Waals surface area contributed by atoms with Crippen molar-refractivity contribution in [3.05, 3.63) is 29.8 Å². The Morgan fingerprint density at radius 3 is 2.94 bits per heavy atom. The number of anilines is 1. The van der Waals surface area contributed by atoms with Gasteiger partial charge in [0.2, 0.25) is 5.91 Å². The van der Waals surface area contributed by atoms with Crippen molar-refractivity contribution in [3.8, 4) is 0 Å². The standard InChI is InChI=1S/C15H20N2O/c1-15(9-4-5-10-16-15)14(18)17-11-8-12-6-2-3-7-13(12)17/h2-3,6-7,16H,4-5,8-11H2,1H3. The van der Waals surface area contributed by atoms with Crippen LogP contribution in [-0.4, -0.2) is 24.5 Å². The fraction of sp³-hybridized carbons (Fsp3) is 0.533. The van der Waals surface area contributed by atoms with Crippen LogP contribution in [0.3, 0.4) is 0 Å². The van der Waals surface area contributed by atoms with E-state index in [-0.39, 0.29) is 11.4 Å². The van der Waals surface area contributed by atoms with E-state index in [4.69, 9.17) is 0 Å². The van der Waals surface area contributed by atoms with Crippen LogP contribution in [0.25, 0.3) is 0 Å². The summed E-state index contributed by atoms with van der Waals surface area (Å²) < 4.78 is 0. The molecule has 1 N–H and O–H groups in total. The molecule has 3 rings (SSSR count). The third-order valence-corrected chi connectivity index (χ3v) is 4.22. The summed E-state index contributed by atoms with van der Waals surface area (Å²) in [5.74, 6) is 0.243. The number of amides is 1. The smallest absolute Gasteiger partial charge is 0.247 e. The van der Waals surface area contributed by atoms with Crippen LogP contribution in [0.4, 0.5) is 5.69 Å². The molecule has 2 heterocycles. The SMILES string of the molecule is CC1(C(=O)N2CCc3ccccc32)CCCCN1. The van der Waals surface area contributed by atoms with Crippen molar-refractivity contribution < 1.29 is 4.79 Å². The normalized spacial score (nSPS) is 27.1. The highest BCUT2D eigenvalue weighted by atomic mass is 16.2. The van der Waals surface area contributed by atoms with Gasteiger partial charge in [-0.1, -0.05) is 18.2 Å². The molecule has 1 atom stereocenters. The van der Waals surface area contributed by atoms with Gasteiger partial charge in [-0.25, -0.2) is 0 Å². The zero-order valence-corrected chi connectivity index (χ0v) is 10.9. The Balaban J connectivity index is 1.86. The third-order valence-electron chi connectivity index (χ3n) is 4.22. The van der Waals surface area contributed by atoms with Crippen LogP contribution >= 0.6 is 0 Å². The van der Waals surface area contributed by atoms with Crippen LogP contribution in [-0.2, 0) is 11.2 Å². The van der Waals surface area contributed by atoms with Gasteiger partial charge in [0.05, 0.1) is 5.54 Å². The fourth-order valence-corrected chi connectivity index (χ4v) is 3.09. The predicted octanol–water partition coefficient (Wildman–Crippen LogP) is 2.11. The molecule has 0 bridgehead atoms. The molecule has 3 nitrogen and oxygen atoms in total. The van der Waals surface area contributed by atoms with Crippen LogP contribution in [0.2, 0.25) is 0 Å². The van der Waals surface area contributed by atoms with Crippen molar-refractivity contribution in [2.24, 2.45) is 0 Å². The van der Waals surface area contributed by atoms with E-state index in [2.05, 4.69) is 24.4 Å². The van der Waals surface area contributed by atoms with E-state index < -0.39 is 0 Å². The van der Waals surface area contributed by atoms with Crippen molar-refractivity contribution in [1.29, 1.82) is 0 Å². The molecule has 1 fully saturated rings. The summed E-state index contributed by atoms with van der Waals surface area (Å²) in [5.41, 5.74) is 2.04. The van der Waals surface area contributed by atoms with Crippen LogP contribution in [0.15, 0.2) is 24.3 Å². The lowest BCUT2D eigenvalue weighted by Crippen LogP contribution is -2.57. The van der Waals surface area contributed by atoms with Gasteiger partial charge in [-0.2, -0.15) is 0 Å². The molecule has 0 saturated carbocycles. The van der Waals surface area contributed by atoms with Crippen LogP contribution in [0.5, 0.6) is 0 Å². The Labute approximate surface area is 108 Å². The van der Waals surface area contributed by atoms with E-state index in [1.807, 2.05) is 17.0 Å². The van der Waals surface area contributed by atoms with Crippen molar-refractivity contribution in [3.63, 3.8) is 0 Å². The highest BCUT2D eigenvalue weighted by Crippen LogP contribution is 2.31. The zero-order valence-electron chi connectivity index (χ0n) is 10.9. The van der Waals surface area contributed by atoms with Crippen molar-refractivity contribution in [2.45, 2.75) is 38.1 Å². The largest absolute Gasteiger partial charge is 0.310 e. The molecule has 18 heavy (non-hydrogen) atoms. The minimum absolute atomic E-state index is 0.243. The highest BCUT2D eigenvalue weighted by molar-refractivity contribution is 6.01. The van der Waals surface area contributed by atoms with E-state index in [0.717, 1.165) is 38.0 Å². The zero-order chi connectivity index (χ0) is 12.6. The molecular formula is C15H20N2O. The maximum Gasteiger partial charge on any atom is 0.247 e. The minimum atomic E-state index is -0.365. The number of nitrogens with zero attached hydrogens (tertiary/aromatic N) is 1. The van der Waals surface area contributed by atoms with Gasteiger partial charge < -0.3 is 10.2 Å². The van der Waals surface area contributed by atoms with Gasteiger partial charge in [-0.3, -0.25) is 4.79 Å². The molecule has 1 unspecified atom stereocenters. The number of nitrogens with one attached hydrogen (secondary N) is 1. The summed E-state index contributed by atoms with van der Waals surface area (Å²) in [7, 11) is 0. The van der Waals surface area contributed by atoms with Crippen LogP contribution in [0.1, 0.15) is 31.7 Å². The summed E-state index contributed by atoms with van der Waals surface area (Å²) in [6.07, 6.45) is 4.26. The van der Waals surface area contributed by atoms with E-state index in [0.29, 0.717) is 0 Å². The molecule has 1 amide bonds. The number of piperidine rings is 1. The molecule has 2 aliphatic heterocycles. The molecule has 1 saturated heterocycles. The van der Waals surface area contributed by atoms with E-state index in [1.165, 1.54) is 12.0 Å². The molecule has 1 aromatic rings. The topological polar surface area (TPSA) is 32.3 Å². The van der Waals surface area contributed by atoms with Crippen molar-refractivity contribution in [1.82, 2.24) is 5.32 Å². The fourth-order valence-electron chi connectivity index (χ4n) is 3.09. The lowest BCUT2D eigenvalue weighted by atomic mass is 9.89. The molecule has 3 heteroatoms. The molecule has 0 radical (unpaired) electrons. The summed E-state index contributed by atoms with van der Waals surface area (Å²) >= 11 is 0. The maximum absolute atomic E-state index is 12.7. The number of rotatable bonds is 1. The first kappa shape index (κ1) is 11.7. The van der Waals surface area contributed by atoms with Crippen LogP contribution < -0.4 is 10.2 Å². The number of para-hydroxylation sites is 1. The van der Waals surface area contributed by atoms with Gasteiger partial charge in [0.25, 0.3) is 0 Å². The first-order chi connectivity index (χ1) is 8.71. The van der Waals surface area contributed by atoms with Gasteiger partial charge in [0.15, 0.2) is 0 Å². The van der Waals surface area contributed by atoms with Gasteiger partial charge in [-0.15, -0.1) is 0 Å². The molecular weight excluding hydrogens is 224 g/mol. The maximum atomic E-state index is 12.7. The first-order valence-corrected chi connectivity index (χ1v) is 6.86. The molecule has 1 aromatic carbocycles. The molecule has 0 aliphatic carbocycles. The van der Waals surface area contributed by atoms with Gasteiger partial charge in [0, 0.05) is 12.2 Å². The van der Waals surface area contributed by atoms with Gasteiger partial charge >= 0.3 is 0 Å². The third kappa shape index (κ3) is 1.83. The van der Waals surface area contributed by atoms with E-state index in [9.17, 15) is 4.79 Å². The van der Waals surface area contributed by atoms with Crippen LogP contribution in [0, 0.1) is 0 Å². The Morgan fingerprint density at radius 2 is 2.17 bits per heavy atom. The number of hydrogen-bond acceptors (Lipinski definition) is 2. The Kier molecular flexibility index (Phi) is 2.86. The number of fused-ring (bicyclic) bond motifs is 1. The Bertz CT molecular complexity index is 463. The predicted molar refractivity (Wildman–Crippen MR) is 72.8 cm³/mol. The quantitative estimate of drug-likeness (QED) is 0.820. The first-order valence-electron chi connectivity index (χ1n) is 6.86. The minimum Gasteiger partial charge on any atom is -0.310 e. The van der Waals surface area contributed by atoms with Crippen molar-refractivity contribution in [2.75, 3.05) is 18.0 Å². The second-order valence-electron chi connectivity index (χ2n) is 5.55. The number of hydrogen-bond donors (Lipinski definition) is 1. The van der Waals surface area contributed by atoms with E-state index >= 15 is 0 Å². The number of carbonyl (C=O) groups is 1. The second-order valence-corrected chi connectivity index (χ2v) is 5.55. The average molecular weight is 244 g/mol. The lowest BCUT2D eigenvalue weighted by molar-refractivity contribution is -0.125.